The Labute approximate surface area is 155 Å². The Balaban J connectivity index is 1.65. The van der Waals surface area contributed by atoms with Gasteiger partial charge in [0.15, 0.2) is 0 Å². The van der Waals surface area contributed by atoms with Gasteiger partial charge in [-0.05, 0) is 61.6 Å². The number of amides is 1. The van der Waals surface area contributed by atoms with Crippen LogP contribution in [0.3, 0.4) is 0 Å². The summed E-state index contributed by atoms with van der Waals surface area (Å²) < 4.78 is 27.5. The lowest BCUT2D eigenvalue weighted by atomic mass is 10.1. The van der Waals surface area contributed by atoms with E-state index in [4.69, 9.17) is 0 Å². The van der Waals surface area contributed by atoms with Gasteiger partial charge in [0.2, 0.25) is 5.91 Å². The Bertz CT molecular complexity index is 870. The highest BCUT2D eigenvalue weighted by atomic mass is 32.2. The molecule has 5 nitrogen and oxygen atoms in total. The summed E-state index contributed by atoms with van der Waals surface area (Å²) in [5, 5.41) is 0. The van der Waals surface area contributed by atoms with Gasteiger partial charge in [0.05, 0.1) is 11.3 Å². The first-order chi connectivity index (χ1) is 12.4. The molecule has 1 fully saturated rings. The molecule has 138 valence electrons. The maximum atomic E-state index is 12.5. The third kappa shape index (κ3) is 4.64. The molecule has 0 unspecified atom stereocenters. The van der Waals surface area contributed by atoms with Crippen LogP contribution in [-0.2, 0) is 21.2 Å². The number of hydrogen-bond donors (Lipinski definition) is 1. The topological polar surface area (TPSA) is 66.5 Å². The van der Waals surface area contributed by atoms with Gasteiger partial charge >= 0.3 is 0 Å². The number of anilines is 1. The summed E-state index contributed by atoms with van der Waals surface area (Å²) in [7, 11) is -3.61. The fraction of sp³-hybridized carbons (Fsp3) is 0.350. The normalized spacial score (nSPS) is 14.9. The Kier molecular flexibility index (Phi) is 5.61. The fourth-order valence-electron chi connectivity index (χ4n) is 3.12. The first kappa shape index (κ1) is 18.5. The molecule has 2 aromatic carbocycles. The van der Waals surface area contributed by atoms with E-state index >= 15 is 0 Å². The molecule has 1 saturated heterocycles. The molecule has 0 aromatic heterocycles. The number of benzene rings is 2. The SMILES string of the molecule is Cc1cccc(S(=O)(=O)Nc2ccc(CC(=O)N3CCCCC3)cc2)c1. The summed E-state index contributed by atoms with van der Waals surface area (Å²) in [5.41, 5.74) is 2.26. The van der Waals surface area contributed by atoms with E-state index in [1.165, 1.54) is 6.42 Å². The van der Waals surface area contributed by atoms with Crippen LogP contribution < -0.4 is 4.72 Å². The van der Waals surface area contributed by atoms with E-state index in [0.29, 0.717) is 12.1 Å². The summed E-state index contributed by atoms with van der Waals surface area (Å²) >= 11 is 0. The van der Waals surface area contributed by atoms with Crippen molar-refractivity contribution in [3.63, 3.8) is 0 Å². The molecule has 26 heavy (non-hydrogen) atoms. The van der Waals surface area contributed by atoms with Crippen LogP contribution in [0.25, 0.3) is 0 Å². The lowest BCUT2D eigenvalue weighted by Gasteiger charge is -2.26. The van der Waals surface area contributed by atoms with Crippen molar-refractivity contribution in [3.05, 3.63) is 59.7 Å². The minimum atomic E-state index is -3.61. The van der Waals surface area contributed by atoms with E-state index in [2.05, 4.69) is 4.72 Å². The molecule has 6 heteroatoms. The van der Waals surface area contributed by atoms with Crippen LogP contribution in [0.4, 0.5) is 5.69 Å². The summed E-state index contributed by atoms with van der Waals surface area (Å²) in [6, 6.07) is 13.8. The van der Waals surface area contributed by atoms with Crippen molar-refractivity contribution in [1.29, 1.82) is 0 Å². The molecule has 1 aliphatic heterocycles. The maximum Gasteiger partial charge on any atom is 0.261 e. The standard InChI is InChI=1S/C20H24N2O3S/c1-16-6-5-7-19(14-16)26(24,25)21-18-10-8-17(9-11-18)15-20(23)22-12-3-2-4-13-22/h5-11,14,21H,2-4,12-13,15H2,1H3. The smallest absolute Gasteiger partial charge is 0.261 e. The van der Waals surface area contributed by atoms with Crippen LogP contribution >= 0.6 is 0 Å². The number of hydrogen-bond acceptors (Lipinski definition) is 3. The second-order valence-corrected chi connectivity index (χ2v) is 8.42. The molecule has 3 rings (SSSR count). The van der Waals surface area contributed by atoms with E-state index in [1.807, 2.05) is 17.9 Å². The molecule has 1 heterocycles. The van der Waals surface area contributed by atoms with Crippen LogP contribution in [0.2, 0.25) is 0 Å². The highest BCUT2D eigenvalue weighted by Crippen LogP contribution is 2.18. The number of sulfonamides is 1. The molecular weight excluding hydrogens is 348 g/mol. The first-order valence-corrected chi connectivity index (χ1v) is 10.4. The third-order valence-corrected chi connectivity index (χ3v) is 5.95. The van der Waals surface area contributed by atoms with E-state index in [9.17, 15) is 13.2 Å². The Hall–Kier alpha value is -2.34. The van der Waals surface area contributed by atoms with Crippen LogP contribution in [-0.4, -0.2) is 32.3 Å². The second-order valence-electron chi connectivity index (χ2n) is 6.74. The Morgan fingerprint density at radius 2 is 1.73 bits per heavy atom. The van der Waals surface area contributed by atoms with E-state index in [1.54, 1.807) is 42.5 Å². The highest BCUT2D eigenvalue weighted by Gasteiger charge is 2.17. The second kappa shape index (κ2) is 7.91. The summed E-state index contributed by atoms with van der Waals surface area (Å²) in [6.07, 6.45) is 3.70. The summed E-state index contributed by atoms with van der Waals surface area (Å²) in [5.74, 6) is 0.137. The number of aryl methyl sites for hydroxylation is 1. The number of carbonyl (C=O) groups is 1. The van der Waals surface area contributed by atoms with Crippen molar-refractivity contribution < 1.29 is 13.2 Å². The van der Waals surface area contributed by atoms with Gasteiger partial charge in [-0.3, -0.25) is 9.52 Å². The van der Waals surface area contributed by atoms with Gasteiger partial charge in [-0.25, -0.2) is 8.42 Å². The van der Waals surface area contributed by atoms with Crippen molar-refractivity contribution >= 4 is 21.6 Å². The molecule has 0 radical (unpaired) electrons. The highest BCUT2D eigenvalue weighted by molar-refractivity contribution is 7.92. The predicted molar refractivity (Wildman–Crippen MR) is 103 cm³/mol. The molecular formula is C20H24N2O3S. The minimum Gasteiger partial charge on any atom is -0.342 e. The zero-order valence-electron chi connectivity index (χ0n) is 14.9. The summed E-state index contributed by atoms with van der Waals surface area (Å²) in [4.78, 5) is 14.5. The molecule has 1 N–H and O–H groups in total. The number of nitrogens with one attached hydrogen (secondary N) is 1. The lowest BCUT2D eigenvalue weighted by molar-refractivity contribution is -0.131. The molecule has 1 aliphatic rings. The van der Waals surface area contributed by atoms with Crippen molar-refractivity contribution in [2.75, 3.05) is 17.8 Å². The Morgan fingerprint density at radius 3 is 2.38 bits per heavy atom. The number of likely N-dealkylation sites (tertiary alicyclic amines) is 1. The van der Waals surface area contributed by atoms with Crippen molar-refractivity contribution in [2.45, 2.75) is 37.5 Å². The largest absolute Gasteiger partial charge is 0.342 e. The van der Waals surface area contributed by atoms with Gasteiger partial charge in [-0.1, -0.05) is 24.3 Å². The van der Waals surface area contributed by atoms with Crippen LogP contribution in [0.15, 0.2) is 53.4 Å². The van der Waals surface area contributed by atoms with Gasteiger partial charge in [-0.2, -0.15) is 0 Å². The monoisotopic (exact) mass is 372 g/mol. The van der Waals surface area contributed by atoms with Crippen LogP contribution in [0.5, 0.6) is 0 Å². The van der Waals surface area contributed by atoms with Crippen molar-refractivity contribution in [1.82, 2.24) is 4.90 Å². The van der Waals surface area contributed by atoms with E-state index in [0.717, 1.165) is 37.1 Å². The molecule has 0 aliphatic carbocycles. The molecule has 0 spiro atoms. The van der Waals surface area contributed by atoms with E-state index < -0.39 is 10.0 Å². The molecule has 2 aromatic rings. The zero-order chi connectivity index (χ0) is 18.6. The number of nitrogens with zero attached hydrogens (tertiary/aromatic N) is 1. The average molecular weight is 372 g/mol. The third-order valence-electron chi connectivity index (χ3n) is 4.57. The lowest BCUT2D eigenvalue weighted by Crippen LogP contribution is -2.36. The van der Waals surface area contributed by atoms with Gasteiger partial charge in [-0.15, -0.1) is 0 Å². The van der Waals surface area contributed by atoms with Gasteiger partial charge < -0.3 is 4.90 Å². The van der Waals surface area contributed by atoms with Crippen molar-refractivity contribution in [2.24, 2.45) is 0 Å². The van der Waals surface area contributed by atoms with Gasteiger partial charge in [0, 0.05) is 18.8 Å². The molecule has 0 atom stereocenters. The molecule has 0 bridgehead atoms. The Morgan fingerprint density at radius 1 is 1.04 bits per heavy atom. The minimum absolute atomic E-state index is 0.137. The first-order valence-electron chi connectivity index (χ1n) is 8.90. The maximum absolute atomic E-state index is 12.5. The number of piperidine rings is 1. The number of carbonyl (C=O) groups excluding carboxylic acids is 1. The average Bonchev–Trinajstić information content (AvgIpc) is 2.64. The van der Waals surface area contributed by atoms with Gasteiger partial charge in [0.25, 0.3) is 10.0 Å². The van der Waals surface area contributed by atoms with Crippen LogP contribution in [0, 0.1) is 6.92 Å². The van der Waals surface area contributed by atoms with Crippen molar-refractivity contribution in [3.8, 4) is 0 Å². The number of rotatable bonds is 5. The molecule has 0 saturated carbocycles. The predicted octanol–water partition coefficient (Wildman–Crippen LogP) is 3.35. The van der Waals surface area contributed by atoms with Gasteiger partial charge in [0.1, 0.15) is 0 Å². The fourth-order valence-corrected chi connectivity index (χ4v) is 4.28. The van der Waals surface area contributed by atoms with E-state index in [-0.39, 0.29) is 10.8 Å². The quantitative estimate of drug-likeness (QED) is 0.875. The summed E-state index contributed by atoms with van der Waals surface area (Å²) in [6.45, 7) is 3.54. The molecule has 1 amide bonds. The van der Waals surface area contributed by atoms with Crippen LogP contribution in [0.1, 0.15) is 30.4 Å². The zero-order valence-corrected chi connectivity index (χ0v) is 15.8.